The Morgan fingerprint density at radius 3 is 2.67 bits per heavy atom. The molecular formula is C19H32N2. The molecule has 0 amide bonds. The molecule has 0 aromatic carbocycles. The van der Waals surface area contributed by atoms with Gasteiger partial charge in [0.1, 0.15) is 0 Å². The van der Waals surface area contributed by atoms with Crippen molar-refractivity contribution in [1.29, 1.82) is 0 Å². The molecule has 1 saturated carbocycles. The van der Waals surface area contributed by atoms with Gasteiger partial charge in [0, 0.05) is 17.9 Å². The van der Waals surface area contributed by atoms with Crippen molar-refractivity contribution in [1.82, 2.24) is 10.3 Å². The first-order chi connectivity index (χ1) is 9.75. The van der Waals surface area contributed by atoms with E-state index in [4.69, 9.17) is 0 Å². The maximum Gasteiger partial charge on any atom is 0.0299 e. The van der Waals surface area contributed by atoms with Crippen LogP contribution in [0.4, 0.5) is 0 Å². The highest BCUT2D eigenvalue weighted by molar-refractivity contribution is 5.10. The number of hydrogen-bond acceptors (Lipinski definition) is 2. The summed E-state index contributed by atoms with van der Waals surface area (Å²) in [5.41, 5.74) is 2.10. The van der Waals surface area contributed by atoms with Gasteiger partial charge in [-0.3, -0.25) is 4.98 Å². The van der Waals surface area contributed by atoms with E-state index in [0.29, 0.717) is 5.41 Å². The van der Waals surface area contributed by atoms with Gasteiger partial charge in [-0.15, -0.1) is 0 Å². The topological polar surface area (TPSA) is 24.9 Å². The van der Waals surface area contributed by atoms with Gasteiger partial charge in [-0.05, 0) is 81.9 Å². The highest BCUT2D eigenvalue weighted by Crippen LogP contribution is 2.43. The summed E-state index contributed by atoms with van der Waals surface area (Å²) in [6.07, 6.45) is 9.11. The van der Waals surface area contributed by atoms with Gasteiger partial charge in [-0.25, -0.2) is 0 Å². The van der Waals surface area contributed by atoms with Crippen LogP contribution in [0.1, 0.15) is 59.4 Å². The Balaban J connectivity index is 2.03. The molecule has 1 N–H and O–H groups in total. The predicted octanol–water partition coefficient (Wildman–Crippen LogP) is 4.45. The lowest BCUT2D eigenvalue weighted by Crippen LogP contribution is -2.43. The molecule has 21 heavy (non-hydrogen) atoms. The van der Waals surface area contributed by atoms with Gasteiger partial charge < -0.3 is 5.32 Å². The van der Waals surface area contributed by atoms with Crippen LogP contribution in [0.3, 0.4) is 0 Å². The van der Waals surface area contributed by atoms with E-state index in [0.717, 1.165) is 18.4 Å². The van der Waals surface area contributed by atoms with Crippen molar-refractivity contribution in [3.05, 3.63) is 30.1 Å². The summed E-state index contributed by atoms with van der Waals surface area (Å²) in [5, 5.41) is 3.72. The smallest absolute Gasteiger partial charge is 0.0299 e. The fourth-order valence-electron chi connectivity index (χ4n) is 3.56. The second-order valence-electron chi connectivity index (χ2n) is 8.62. The van der Waals surface area contributed by atoms with Crippen LogP contribution in [0.15, 0.2) is 24.5 Å². The van der Waals surface area contributed by atoms with Gasteiger partial charge in [0.2, 0.25) is 0 Å². The Labute approximate surface area is 130 Å². The van der Waals surface area contributed by atoms with Gasteiger partial charge >= 0.3 is 0 Å². The maximum atomic E-state index is 4.28. The Morgan fingerprint density at radius 1 is 1.29 bits per heavy atom. The maximum absolute atomic E-state index is 4.28. The lowest BCUT2D eigenvalue weighted by molar-refractivity contribution is 0.111. The monoisotopic (exact) mass is 288 g/mol. The minimum absolute atomic E-state index is 0.214. The second-order valence-corrected chi connectivity index (χ2v) is 8.62. The molecule has 2 heteroatoms. The minimum atomic E-state index is 0.214. The van der Waals surface area contributed by atoms with Gasteiger partial charge in [0.05, 0.1) is 0 Å². The first-order valence-corrected chi connectivity index (χ1v) is 8.39. The second kappa shape index (κ2) is 6.48. The van der Waals surface area contributed by atoms with Crippen LogP contribution in [0.25, 0.3) is 0 Å². The summed E-state index contributed by atoms with van der Waals surface area (Å²) in [6.45, 7) is 12.8. The Bertz CT molecular complexity index is 431. The number of pyridine rings is 1. The largest absolute Gasteiger partial charge is 0.312 e. The first kappa shape index (κ1) is 16.5. The van der Waals surface area contributed by atoms with Crippen LogP contribution in [0.5, 0.6) is 0 Å². The lowest BCUT2D eigenvalue weighted by Gasteiger charge is -2.42. The number of nitrogens with one attached hydrogen (secondary N) is 1. The summed E-state index contributed by atoms with van der Waals surface area (Å²) >= 11 is 0. The van der Waals surface area contributed by atoms with Crippen molar-refractivity contribution >= 4 is 0 Å². The Kier molecular flexibility index (Phi) is 5.08. The van der Waals surface area contributed by atoms with Crippen molar-refractivity contribution < 1.29 is 0 Å². The summed E-state index contributed by atoms with van der Waals surface area (Å²) < 4.78 is 0. The highest BCUT2D eigenvalue weighted by atomic mass is 14.9. The fourth-order valence-corrected chi connectivity index (χ4v) is 3.56. The van der Waals surface area contributed by atoms with E-state index in [2.05, 4.69) is 57.1 Å². The molecule has 118 valence electrons. The van der Waals surface area contributed by atoms with Gasteiger partial charge in [-0.2, -0.15) is 0 Å². The molecule has 1 aromatic rings. The molecule has 1 aromatic heterocycles. The molecule has 0 saturated heterocycles. The molecule has 2 atom stereocenters. The van der Waals surface area contributed by atoms with E-state index >= 15 is 0 Å². The van der Waals surface area contributed by atoms with Crippen LogP contribution in [-0.4, -0.2) is 17.1 Å². The van der Waals surface area contributed by atoms with Crippen molar-refractivity contribution in [2.45, 2.75) is 65.8 Å². The highest BCUT2D eigenvalue weighted by Gasteiger charge is 2.35. The molecule has 0 aliphatic heterocycles. The lowest BCUT2D eigenvalue weighted by atomic mass is 9.65. The van der Waals surface area contributed by atoms with Crippen molar-refractivity contribution in [3.8, 4) is 0 Å². The minimum Gasteiger partial charge on any atom is -0.312 e. The summed E-state index contributed by atoms with van der Waals surface area (Å²) in [4.78, 5) is 4.28. The number of aromatic nitrogens is 1. The van der Waals surface area contributed by atoms with E-state index in [1.807, 2.05) is 12.4 Å². The number of nitrogens with zero attached hydrogens (tertiary/aromatic N) is 1. The van der Waals surface area contributed by atoms with E-state index in [9.17, 15) is 0 Å². The summed E-state index contributed by atoms with van der Waals surface area (Å²) in [5.74, 6) is 1.56. The zero-order chi connectivity index (χ0) is 15.5. The van der Waals surface area contributed by atoms with E-state index in [-0.39, 0.29) is 5.54 Å². The number of rotatable bonds is 4. The summed E-state index contributed by atoms with van der Waals surface area (Å²) in [7, 11) is 0. The van der Waals surface area contributed by atoms with Crippen LogP contribution in [0.2, 0.25) is 0 Å². The van der Waals surface area contributed by atoms with Crippen LogP contribution in [-0.2, 0) is 6.42 Å². The van der Waals surface area contributed by atoms with Gasteiger partial charge in [-0.1, -0.05) is 19.9 Å². The molecule has 1 aliphatic carbocycles. The van der Waals surface area contributed by atoms with Crippen molar-refractivity contribution in [3.63, 3.8) is 0 Å². The third-order valence-corrected chi connectivity index (χ3v) is 4.79. The van der Waals surface area contributed by atoms with Gasteiger partial charge in [0.15, 0.2) is 0 Å². The molecular weight excluding hydrogens is 256 g/mol. The Hall–Kier alpha value is -0.890. The zero-order valence-electron chi connectivity index (χ0n) is 14.4. The van der Waals surface area contributed by atoms with Crippen LogP contribution < -0.4 is 5.32 Å². The molecule has 0 spiro atoms. The third-order valence-electron chi connectivity index (χ3n) is 4.79. The SMILES string of the molecule is CC1(C)CCC(CNC(C)(C)C)C(Cc2cccnc2)C1. The van der Waals surface area contributed by atoms with Crippen LogP contribution >= 0.6 is 0 Å². The molecule has 2 rings (SSSR count). The summed E-state index contributed by atoms with van der Waals surface area (Å²) in [6, 6.07) is 4.29. The predicted molar refractivity (Wildman–Crippen MR) is 90.3 cm³/mol. The van der Waals surface area contributed by atoms with E-state index in [1.165, 1.54) is 31.2 Å². The average Bonchev–Trinajstić information content (AvgIpc) is 2.37. The van der Waals surface area contributed by atoms with Crippen molar-refractivity contribution in [2.75, 3.05) is 6.54 Å². The van der Waals surface area contributed by atoms with Crippen LogP contribution in [0, 0.1) is 17.3 Å². The molecule has 2 unspecified atom stereocenters. The van der Waals surface area contributed by atoms with Gasteiger partial charge in [0.25, 0.3) is 0 Å². The quantitative estimate of drug-likeness (QED) is 0.885. The molecule has 1 aliphatic rings. The van der Waals surface area contributed by atoms with Crippen molar-refractivity contribution in [2.24, 2.45) is 17.3 Å². The first-order valence-electron chi connectivity index (χ1n) is 8.39. The molecule has 1 fully saturated rings. The normalized spacial score (nSPS) is 25.8. The number of hydrogen-bond donors (Lipinski definition) is 1. The standard InChI is InChI=1S/C19H32N2/c1-18(2,3)21-14-16-8-9-19(4,5)12-17(16)11-15-7-6-10-20-13-15/h6-7,10,13,16-17,21H,8-9,11-12,14H2,1-5H3. The van der Waals surface area contributed by atoms with E-state index < -0.39 is 0 Å². The van der Waals surface area contributed by atoms with E-state index in [1.54, 1.807) is 0 Å². The Morgan fingerprint density at radius 2 is 2.05 bits per heavy atom. The molecule has 1 heterocycles. The fraction of sp³-hybridized carbons (Fsp3) is 0.737. The average molecular weight is 288 g/mol. The molecule has 0 radical (unpaired) electrons. The molecule has 0 bridgehead atoms. The zero-order valence-corrected chi connectivity index (χ0v) is 14.4. The third kappa shape index (κ3) is 5.43. The molecule has 2 nitrogen and oxygen atoms in total.